The van der Waals surface area contributed by atoms with Crippen molar-refractivity contribution in [1.29, 1.82) is 0 Å². The van der Waals surface area contributed by atoms with Crippen LogP contribution in [0.15, 0.2) is 73.6 Å². The molecule has 0 radical (unpaired) electrons. The minimum absolute atomic E-state index is 0.0856. The van der Waals surface area contributed by atoms with Gasteiger partial charge in [-0.25, -0.2) is 14.8 Å². The van der Waals surface area contributed by atoms with Gasteiger partial charge >= 0.3 is 12.2 Å². The average molecular weight is 630 g/mol. The first-order chi connectivity index (χ1) is 21.1. The number of carbonyl (C=O) groups excluding carboxylic acids is 2. The molecule has 1 heterocycles. The fraction of sp³-hybridized carbons (Fsp3) is 0.200. The minimum Gasteiger partial charge on any atom is -0.491 e. The number of hydrogen-bond donors (Lipinski definition) is 3. The van der Waals surface area contributed by atoms with Gasteiger partial charge in [0.25, 0.3) is 0 Å². The molecular formula is C30H27ClF3N5O5. The van der Waals surface area contributed by atoms with Crippen LogP contribution in [0.3, 0.4) is 0 Å². The molecule has 4 rings (SSSR count). The van der Waals surface area contributed by atoms with Gasteiger partial charge in [-0.15, -0.1) is 0 Å². The first-order valence-electron chi connectivity index (χ1n) is 13.2. The standard InChI is InChI=1S/C30H27ClF3N5O5/c1-3-27(40)39-25-15-21-24(16-26(25)43-13-5-12-42-4-2)35-17-36-28(21)44-20-9-6-18(7-10-20)37-29(41)38-19-8-11-23(31)22(14-19)30(32,33)34/h3,6-11,14-17H,1,4-5,12-13H2,2H3,(H,39,40)(H2,37,38,41). The highest BCUT2D eigenvalue weighted by Crippen LogP contribution is 2.37. The number of fused-ring (bicyclic) bond motifs is 1. The van der Waals surface area contributed by atoms with Gasteiger partial charge in [-0.1, -0.05) is 18.2 Å². The lowest BCUT2D eigenvalue weighted by Crippen LogP contribution is -2.19. The topological polar surface area (TPSA) is 124 Å². The van der Waals surface area contributed by atoms with Crippen LogP contribution in [0.5, 0.6) is 17.4 Å². The maximum atomic E-state index is 13.1. The SMILES string of the molecule is C=CC(=O)Nc1cc2c(Oc3ccc(NC(=O)Nc4ccc(Cl)c(C(F)(F)F)c4)cc3)ncnc2cc1OCCCOCC. The Hall–Kier alpha value is -4.88. The van der Waals surface area contributed by atoms with Crippen molar-refractivity contribution in [2.45, 2.75) is 19.5 Å². The van der Waals surface area contributed by atoms with Gasteiger partial charge in [0.15, 0.2) is 0 Å². The molecule has 0 spiro atoms. The summed E-state index contributed by atoms with van der Waals surface area (Å²) >= 11 is 5.63. The van der Waals surface area contributed by atoms with E-state index in [-0.39, 0.29) is 11.6 Å². The summed E-state index contributed by atoms with van der Waals surface area (Å²) in [4.78, 5) is 33.0. The van der Waals surface area contributed by atoms with Crippen LogP contribution < -0.4 is 25.4 Å². The van der Waals surface area contributed by atoms with E-state index >= 15 is 0 Å². The van der Waals surface area contributed by atoms with Crippen molar-refractivity contribution in [3.8, 4) is 17.4 Å². The zero-order valence-corrected chi connectivity index (χ0v) is 24.1. The molecule has 0 aliphatic heterocycles. The number of carbonyl (C=O) groups is 2. The second kappa shape index (κ2) is 14.5. The van der Waals surface area contributed by atoms with Crippen molar-refractivity contribution in [1.82, 2.24) is 9.97 Å². The Morgan fingerprint density at radius 3 is 2.41 bits per heavy atom. The maximum Gasteiger partial charge on any atom is 0.417 e. The van der Waals surface area contributed by atoms with Crippen LogP contribution in [0.25, 0.3) is 10.9 Å². The van der Waals surface area contributed by atoms with Crippen molar-refractivity contribution in [2.24, 2.45) is 0 Å². The highest BCUT2D eigenvalue weighted by Gasteiger charge is 2.33. The number of anilines is 3. The molecule has 1 aromatic heterocycles. The molecule has 0 unspecified atom stereocenters. The van der Waals surface area contributed by atoms with E-state index in [1.54, 1.807) is 24.3 Å². The smallest absolute Gasteiger partial charge is 0.417 e. The van der Waals surface area contributed by atoms with Gasteiger partial charge in [0, 0.05) is 37.1 Å². The van der Waals surface area contributed by atoms with Crippen molar-refractivity contribution < 1.29 is 37.0 Å². The number of rotatable bonds is 12. The molecule has 44 heavy (non-hydrogen) atoms. The van der Waals surface area contributed by atoms with Gasteiger partial charge in [0.05, 0.1) is 33.8 Å². The van der Waals surface area contributed by atoms with Crippen molar-refractivity contribution >= 4 is 51.5 Å². The maximum absolute atomic E-state index is 13.1. The van der Waals surface area contributed by atoms with Crippen LogP contribution in [0.2, 0.25) is 5.02 Å². The van der Waals surface area contributed by atoms with Crippen LogP contribution in [0.4, 0.5) is 35.0 Å². The first-order valence-corrected chi connectivity index (χ1v) is 13.6. The lowest BCUT2D eigenvalue weighted by molar-refractivity contribution is -0.137. The van der Waals surface area contributed by atoms with Crippen LogP contribution >= 0.6 is 11.6 Å². The Bertz CT molecular complexity index is 1650. The molecule has 3 N–H and O–H groups in total. The monoisotopic (exact) mass is 629 g/mol. The van der Waals surface area contributed by atoms with Gasteiger partial charge in [0.1, 0.15) is 17.8 Å². The molecule has 0 atom stereocenters. The van der Waals surface area contributed by atoms with Gasteiger partial charge < -0.3 is 30.2 Å². The normalized spacial score (nSPS) is 11.1. The third-order valence-electron chi connectivity index (χ3n) is 5.89. The van der Waals surface area contributed by atoms with E-state index in [2.05, 4.69) is 32.5 Å². The Morgan fingerprint density at radius 1 is 0.977 bits per heavy atom. The third kappa shape index (κ3) is 8.58. The van der Waals surface area contributed by atoms with Gasteiger partial charge in [-0.05, 0) is 61.5 Å². The second-order valence-corrected chi connectivity index (χ2v) is 9.44. The summed E-state index contributed by atoms with van der Waals surface area (Å²) in [5.41, 5.74) is 0.0574. The highest BCUT2D eigenvalue weighted by atomic mass is 35.5. The molecule has 230 valence electrons. The van der Waals surface area contributed by atoms with Gasteiger partial charge in [-0.3, -0.25) is 4.79 Å². The lowest BCUT2D eigenvalue weighted by atomic mass is 10.2. The molecule has 0 fully saturated rings. The first kappa shape index (κ1) is 32.0. The number of amides is 3. The number of nitrogens with zero attached hydrogens (tertiary/aromatic N) is 2. The van der Waals surface area contributed by atoms with E-state index in [1.807, 2.05) is 6.92 Å². The number of alkyl halides is 3. The molecule has 14 heteroatoms. The molecule has 3 amide bonds. The van der Waals surface area contributed by atoms with Crippen molar-refractivity contribution in [3.63, 3.8) is 0 Å². The summed E-state index contributed by atoms with van der Waals surface area (Å²) in [6, 6.07) is 11.8. The van der Waals surface area contributed by atoms with Crippen molar-refractivity contribution in [2.75, 3.05) is 35.8 Å². The van der Waals surface area contributed by atoms with Crippen molar-refractivity contribution in [3.05, 3.63) is 84.2 Å². The molecule has 3 aromatic carbocycles. The Morgan fingerprint density at radius 2 is 1.70 bits per heavy atom. The number of aromatic nitrogens is 2. The average Bonchev–Trinajstić information content (AvgIpc) is 2.98. The fourth-order valence-electron chi connectivity index (χ4n) is 3.86. The predicted octanol–water partition coefficient (Wildman–Crippen LogP) is 7.67. The van der Waals surface area contributed by atoms with Crippen LogP contribution in [0.1, 0.15) is 18.9 Å². The molecule has 0 saturated heterocycles. The largest absolute Gasteiger partial charge is 0.491 e. The zero-order valence-electron chi connectivity index (χ0n) is 23.3. The number of urea groups is 1. The predicted molar refractivity (Wildman–Crippen MR) is 161 cm³/mol. The quantitative estimate of drug-likeness (QED) is 0.109. The number of hydrogen-bond acceptors (Lipinski definition) is 7. The van der Waals surface area contributed by atoms with Gasteiger partial charge in [0.2, 0.25) is 11.8 Å². The summed E-state index contributed by atoms with van der Waals surface area (Å²) in [6.07, 6.45) is -1.57. The summed E-state index contributed by atoms with van der Waals surface area (Å²) < 4.78 is 56.5. The van der Waals surface area contributed by atoms with E-state index in [1.165, 1.54) is 24.5 Å². The number of halogens is 4. The highest BCUT2D eigenvalue weighted by molar-refractivity contribution is 6.31. The Balaban J connectivity index is 1.47. The number of nitrogens with one attached hydrogen (secondary N) is 3. The molecule has 0 aliphatic carbocycles. The fourth-order valence-corrected chi connectivity index (χ4v) is 4.09. The van der Waals surface area contributed by atoms with E-state index in [0.29, 0.717) is 60.0 Å². The molecular weight excluding hydrogens is 603 g/mol. The molecule has 0 saturated carbocycles. The van der Waals surface area contributed by atoms with Crippen LogP contribution in [-0.4, -0.2) is 41.7 Å². The van der Waals surface area contributed by atoms with Gasteiger partial charge in [-0.2, -0.15) is 13.2 Å². The summed E-state index contributed by atoms with van der Waals surface area (Å²) in [5.74, 6) is 0.507. The molecule has 4 aromatic rings. The molecule has 0 aliphatic rings. The Kier molecular flexibility index (Phi) is 10.6. The van der Waals surface area contributed by atoms with Crippen LogP contribution in [-0.2, 0) is 15.7 Å². The second-order valence-electron chi connectivity index (χ2n) is 9.03. The molecule has 10 nitrogen and oxygen atoms in total. The lowest BCUT2D eigenvalue weighted by Gasteiger charge is -2.15. The van der Waals surface area contributed by atoms with Crippen LogP contribution in [0, 0.1) is 0 Å². The van der Waals surface area contributed by atoms with E-state index in [4.69, 9.17) is 25.8 Å². The summed E-state index contributed by atoms with van der Waals surface area (Å²) in [7, 11) is 0. The third-order valence-corrected chi connectivity index (χ3v) is 6.22. The number of ether oxygens (including phenoxy) is 3. The van der Waals surface area contributed by atoms with E-state index in [9.17, 15) is 22.8 Å². The summed E-state index contributed by atoms with van der Waals surface area (Å²) in [5, 5.41) is 7.60. The zero-order chi connectivity index (χ0) is 31.7. The molecule has 0 bridgehead atoms. The van der Waals surface area contributed by atoms with E-state index < -0.39 is 28.7 Å². The number of benzene rings is 3. The summed E-state index contributed by atoms with van der Waals surface area (Å²) in [6.45, 7) is 6.87. The minimum atomic E-state index is -4.67. The van der Waals surface area contributed by atoms with E-state index in [0.717, 1.165) is 18.2 Å². The Labute approximate surface area is 255 Å².